The summed E-state index contributed by atoms with van der Waals surface area (Å²) in [4.78, 5) is 20.0. The van der Waals surface area contributed by atoms with E-state index in [1.165, 1.54) is 40.4 Å². The van der Waals surface area contributed by atoms with Crippen molar-refractivity contribution in [3.63, 3.8) is 0 Å². The number of carbonyl (C=O) groups is 1. The van der Waals surface area contributed by atoms with E-state index in [1.54, 1.807) is 12.1 Å². The summed E-state index contributed by atoms with van der Waals surface area (Å²) >= 11 is 0. The van der Waals surface area contributed by atoms with Crippen LogP contribution in [-0.4, -0.2) is 68.3 Å². The molecular formula is C18H16F3N7O2. The molecule has 1 saturated heterocycles. The number of hydrogen-bond donors (Lipinski definition) is 0. The van der Waals surface area contributed by atoms with E-state index < -0.39 is 18.0 Å². The van der Waals surface area contributed by atoms with Gasteiger partial charge in [-0.1, -0.05) is 12.1 Å². The van der Waals surface area contributed by atoms with Crippen molar-refractivity contribution in [3.8, 4) is 11.6 Å². The summed E-state index contributed by atoms with van der Waals surface area (Å²) in [5.74, 6) is 0.132. The third-order valence-electron chi connectivity index (χ3n) is 4.52. The summed E-state index contributed by atoms with van der Waals surface area (Å²) in [5.41, 5.74) is -0.125. The average Bonchev–Trinajstić information content (AvgIpc) is 3.28. The minimum absolute atomic E-state index is 0.125. The molecule has 3 aromatic rings. The Morgan fingerprint density at radius 1 is 0.967 bits per heavy atom. The summed E-state index contributed by atoms with van der Waals surface area (Å²) in [5, 5.41) is 12.3. The summed E-state index contributed by atoms with van der Waals surface area (Å²) in [6, 6.07) is 8.87. The van der Waals surface area contributed by atoms with Gasteiger partial charge in [-0.2, -0.15) is 5.10 Å². The van der Waals surface area contributed by atoms with Crippen LogP contribution in [0.5, 0.6) is 5.75 Å². The molecule has 0 N–H and O–H groups in total. The highest BCUT2D eigenvalue weighted by atomic mass is 19.4. The molecule has 0 saturated carbocycles. The van der Waals surface area contributed by atoms with Crippen molar-refractivity contribution in [2.45, 2.75) is 6.36 Å². The first-order valence-electron chi connectivity index (χ1n) is 8.98. The zero-order chi connectivity index (χ0) is 21.1. The number of aromatic nitrogens is 5. The molecule has 0 radical (unpaired) electrons. The van der Waals surface area contributed by atoms with Gasteiger partial charge in [0.2, 0.25) is 0 Å². The van der Waals surface area contributed by atoms with Crippen LogP contribution in [-0.2, 0) is 0 Å². The van der Waals surface area contributed by atoms with Gasteiger partial charge in [0.15, 0.2) is 11.6 Å². The van der Waals surface area contributed by atoms with Crippen LogP contribution in [0.25, 0.3) is 5.82 Å². The molecule has 1 fully saturated rings. The number of alkyl halides is 3. The topological polar surface area (TPSA) is 89.3 Å². The third-order valence-corrected chi connectivity index (χ3v) is 4.52. The number of piperazine rings is 1. The predicted molar refractivity (Wildman–Crippen MR) is 98.2 cm³/mol. The lowest BCUT2D eigenvalue weighted by Crippen LogP contribution is -2.49. The molecular weight excluding hydrogens is 403 g/mol. The van der Waals surface area contributed by atoms with Crippen molar-refractivity contribution in [3.05, 3.63) is 54.6 Å². The van der Waals surface area contributed by atoms with Crippen molar-refractivity contribution >= 4 is 11.7 Å². The SMILES string of the molecule is O=C(c1ccccc1OC(F)(F)F)N1CCN(c2ccc(-n3cncn3)nn2)CC1. The molecule has 0 unspecified atom stereocenters. The fourth-order valence-electron chi connectivity index (χ4n) is 3.10. The summed E-state index contributed by atoms with van der Waals surface area (Å²) in [6.45, 7) is 1.58. The zero-order valence-corrected chi connectivity index (χ0v) is 15.5. The number of carbonyl (C=O) groups excluding carboxylic acids is 1. The van der Waals surface area contributed by atoms with E-state index in [-0.39, 0.29) is 5.56 Å². The second-order valence-corrected chi connectivity index (χ2v) is 6.41. The summed E-state index contributed by atoms with van der Waals surface area (Å²) in [7, 11) is 0. The van der Waals surface area contributed by atoms with Crippen LogP contribution < -0.4 is 9.64 Å². The van der Waals surface area contributed by atoms with Gasteiger partial charge in [0.05, 0.1) is 5.56 Å². The summed E-state index contributed by atoms with van der Waals surface area (Å²) < 4.78 is 43.3. The van der Waals surface area contributed by atoms with E-state index in [9.17, 15) is 18.0 Å². The molecule has 1 aliphatic heterocycles. The van der Waals surface area contributed by atoms with Gasteiger partial charge in [0.1, 0.15) is 18.4 Å². The van der Waals surface area contributed by atoms with Crippen molar-refractivity contribution in [2.24, 2.45) is 0 Å². The second-order valence-electron chi connectivity index (χ2n) is 6.41. The maximum atomic E-state index is 12.7. The normalized spacial score (nSPS) is 14.6. The van der Waals surface area contributed by atoms with Gasteiger partial charge >= 0.3 is 6.36 Å². The van der Waals surface area contributed by atoms with E-state index in [0.29, 0.717) is 37.8 Å². The second kappa shape index (κ2) is 7.97. The minimum atomic E-state index is -4.87. The molecule has 1 aliphatic rings. The standard InChI is InChI=1S/C18H16F3N7O2/c19-18(20,21)30-14-4-2-1-3-13(14)17(29)27-9-7-26(8-10-27)15-5-6-16(25-24-15)28-12-22-11-23-28/h1-6,11-12H,7-10H2. The molecule has 0 spiro atoms. The molecule has 30 heavy (non-hydrogen) atoms. The van der Waals surface area contributed by atoms with Gasteiger partial charge in [0.25, 0.3) is 5.91 Å². The molecule has 2 aromatic heterocycles. The number of anilines is 1. The van der Waals surface area contributed by atoms with Crippen LogP contribution in [0.3, 0.4) is 0 Å². The molecule has 1 aromatic carbocycles. The first kappa shape index (κ1) is 19.6. The van der Waals surface area contributed by atoms with Gasteiger partial charge in [-0.25, -0.2) is 9.67 Å². The minimum Gasteiger partial charge on any atom is -0.405 e. The fourth-order valence-corrected chi connectivity index (χ4v) is 3.10. The van der Waals surface area contributed by atoms with Crippen LogP contribution in [0.1, 0.15) is 10.4 Å². The monoisotopic (exact) mass is 419 g/mol. The Morgan fingerprint density at radius 3 is 2.30 bits per heavy atom. The van der Waals surface area contributed by atoms with E-state index >= 15 is 0 Å². The number of para-hydroxylation sites is 1. The van der Waals surface area contributed by atoms with Gasteiger partial charge in [-0.05, 0) is 24.3 Å². The van der Waals surface area contributed by atoms with Gasteiger partial charge in [0, 0.05) is 26.2 Å². The smallest absolute Gasteiger partial charge is 0.405 e. The molecule has 9 nitrogen and oxygen atoms in total. The highest BCUT2D eigenvalue weighted by Gasteiger charge is 2.34. The zero-order valence-electron chi connectivity index (χ0n) is 15.5. The Balaban J connectivity index is 1.41. The van der Waals surface area contributed by atoms with E-state index in [0.717, 1.165) is 6.07 Å². The number of amides is 1. The van der Waals surface area contributed by atoms with E-state index in [1.807, 2.05) is 4.90 Å². The van der Waals surface area contributed by atoms with Crippen LogP contribution in [0.4, 0.5) is 19.0 Å². The quantitative estimate of drug-likeness (QED) is 0.638. The van der Waals surface area contributed by atoms with Crippen LogP contribution >= 0.6 is 0 Å². The Bertz CT molecular complexity index is 1000. The fraction of sp³-hybridized carbons (Fsp3) is 0.278. The molecule has 0 aliphatic carbocycles. The van der Waals surface area contributed by atoms with Crippen molar-refractivity contribution < 1.29 is 22.7 Å². The Hall–Kier alpha value is -3.70. The largest absolute Gasteiger partial charge is 0.573 e. The molecule has 0 bridgehead atoms. The first-order chi connectivity index (χ1) is 14.4. The number of benzene rings is 1. The van der Waals surface area contributed by atoms with Crippen molar-refractivity contribution in [1.29, 1.82) is 0 Å². The molecule has 1 amide bonds. The first-order valence-corrected chi connectivity index (χ1v) is 8.98. The summed E-state index contributed by atoms with van der Waals surface area (Å²) in [6.07, 6.45) is -1.97. The molecule has 0 atom stereocenters. The Kier molecular flexibility index (Phi) is 5.21. The number of hydrogen-bond acceptors (Lipinski definition) is 7. The molecule has 12 heteroatoms. The van der Waals surface area contributed by atoms with E-state index in [4.69, 9.17) is 0 Å². The van der Waals surface area contributed by atoms with Crippen molar-refractivity contribution in [2.75, 3.05) is 31.1 Å². The van der Waals surface area contributed by atoms with Gasteiger partial charge in [-0.3, -0.25) is 4.79 Å². The number of rotatable bonds is 4. The van der Waals surface area contributed by atoms with Gasteiger partial charge in [-0.15, -0.1) is 23.4 Å². The van der Waals surface area contributed by atoms with Crippen LogP contribution in [0.2, 0.25) is 0 Å². The van der Waals surface area contributed by atoms with Crippen molar-refractivity contribution in [1.82, 2.24) is 29.9 Å². The highest BCUT2D eigenvalue weighted by Crippen LogP contribution is 2.27. The molecule has 156 valence electrons. The lowest BCUT2D eigenvalue weighted by atomic mass is 10.1. The lowest BCUT2D eigenvalue weighted by molar-refractivity contribution is -0.274. The number of nitrogens with zero attached hydrogens (tertiary/aromatic N) is 7. The Morgan fingerprint density at radius 2 is 1.67 bits per heavy atom. The Labute approximate surface area is 168 Å². The van der Waals surface area contributed by atoms with Crippen LogP contribution in [0, 0.1) is 0 Å². The average molecular weight is 419 g/mol. The van der Waals surface area contributed by atoms with Gasteiger partial charge < -0.3 is 14.5 Å². The highest BCUT2D eigenvalue weighted by molar-refractivity contribution is 5.97. The lowest BCUT2D eigenvalue weighted by Gasteiger charge is -2.35. The number of halogens is 3. The predicted octanol–water partition coefficient (Wildman–Crippen LogP) is 1.92. The maximum absolute atomic E-state index is 12.7. The van der Waals surface area contributed by atoms with Crippen LogP contribution in [0.15, 0.2) is 49.1 Å². The third kappa shape index (κ3) is 4.31. The maximum Gasteiger partial charge on any atom is 0.573 e. The molecule has 4 rings (SSSR count). The van der Waals surface area contributed by atoms with E-state index in [2.05, 4.69) is 25.0 Å². The number of ether oxygens (including phenoxy) is 1. The molecule has 3 heterocycles.